The molecule has 130 valence electrons. The fraction of sp³-hybridized carbons (Fsp3) is 0.875. The first kappa shape index (κ1) is 16.7. The number of nitrogens with one attached hydrogen (secondary N) is 1. The minimum absolute atomic E-state index is 0.0221. The summed E-state index contributed by atoms with van der Waals surface area (Å²) in [6.07, 6.45) is 5.93. The molecule has 0 spiro atoms. The molecule has 0 aromatic rings. The molecule has 3 amide bonds. The lowest BCUT2D eigenvalue weighted by atomic mass is 9.87. The second kappa shape index (κ2) is 6.75. The van der Waals surface area contributed by atoms with E-state index in [1.807, 2.05) is 6.92 Å². The lowest BCUT2D eigenvalue weighted by Crippen LogP contribution is -2.39. The first-order chi connectivity index (χ1) is 11.0. The third kappa shape index (κ3) is 3.67. The number of urea groups is 1. The van der Waals surface area contributed by atoms with Crippen molar-refractivity contribution in [3.63, 3.8) is 0 Å². The maximum atomic E-state index is 11.6. The Morgan fingerprint density at radius 1 is 1.26 bits per heavy atom. The Bertz CT molecular complexity index is 447. The molecular formula is C16H26N2O5. The van der Waals surface area contributed by atoms with Crippen LogP contribution in [0.5, 0.6) is 0 Å². The van der Waals surface area contributed by atoms with Crippen molar-refractivity contribution in [1.29, 1.82) is 0 Å². The topological polar surface area (TPSA) is 88.1 Å². The normalized spacial score (nSPS) is 38.2. The maximum absolute atomic E-state index is 11.6. The van der Waals surface area contributed by atoms with Crippen LogP contribution in [0.25, 0.3) is 0 Å². The van der Waals surface area contributed by atoms with Crippen LogP contribution in [0.1, 0.15) is 51.9 Å². The molecule has 2 aliphatic carbocycles. The summed E-state index contributed by atoms with van der Waals surface area (Å²) in [7, 11) is 0. The van der Waals surface area contributed by atoms with Gasteiger partial charge in [-0.15, -0.1) is 0 Å². The SMILES string of the molecule is CC1CCCC1(O)OOC1CCC(CN2C(=O)CNC2=O)CC1. The number of carbonyl (C=O) groups excluding carboxylic acids is 2. The third-order valence-electron chi connectivity index (χ3n) is 5.44. The molecule has 3 rings (SSSR count). The van der Waals surface area contributed by atoms with E-state index in [1.165, 1.54) is 4.90 Å². The summed E-state index contributed by atoms with van der Waals surface area (Å²) in [5.74, 6) is -0.875. The van der Waals surface area contributed by atoms with E-state index in [4.69, 9.17) is 9.78 Å². The summed E-state index contributed by atoms with van der Waals surface area (Å²) in [5, 5.41) is 12.9. The number of amides is 3. The molecule has 2 atom stereocenters. The van der Waals surface area contributed by atoms with Crippen molar-refractivity contribution >= 4 is 11.9 Å². The first-order valence-corrected chi connectivity index (χ1v) is 8.63. The Balaban J connectivity index is 1.40. The standard InChI is InChI=1S/C16H26N2O5/c1-11-3-2-8-16(11,21)23-22-13-6-4-12(5-7-13)10-18-14(19)9-17-15(18)20/h11-13,21H,2-10H2,1H3,(H,17,20). The predicted octanol–water partition coefficient (Wildman–Crippen LogP) is 1.55. The van der Waals surface area contributed by atoms with Crippen LogP contribution in [0, 0.1) is 11.8 Å². The fourth-order valence-electron chi connectivity index (χ4n) is 3.72. The van der Waals surface area contributed by atoms with Crippen LogP contribution in [0.3, 0.4) is 0 Å². The van der Waals surface area contributed by atoms with Crippen molar-refractivity contribution in [3.05, 3.63) is 0 Å². The van der Waals surface area contributed by atoms with E-state index in [9.17, 15) is 14.7 Å². The number of nitrogens with zero attached hydrogens (tertiary/aromatic N) is 1. The van der Waals surface area contributed by atoms with Crippen molar-refractivity contribution in [1.82, 2.24) is 10.2 Å². The minimum Gasteiger partial charge on any atom is -0.363 e. The van der Waals surface area contributed by atoms with E-state index in [0.29, 0.717) is 18.9 Å². The van der Waals surface area contributed by atoms with Gasteiger partial charge in [-0.2, -0.15) is 0 Å². The van der Waals surface area contributed by atoms with Crippen LogP contribution in [0.15, 0.2) is 0 Å². The van der Waals surface area contributed by atoms with Gasteiger partial charge in [0, 0.05) is 18.9 Å². The van der Waals surface area contributed by atoms with Gasteiger partial charge in [-0.25, -0.2) is 14.6 Å². The highest BCUT2D eigenvalue weighted by Crippen LogP contribution is 2.37. The maximum Gasteiger partial charge on any atom is 0.324 e. The first-order valence-electron chi connectivity index (χ1n) is 8.63. The molecule has 2 N–H and O–H groups in total. The second-order valence-electron chi connectivity index (χ2n) is 7.12. The molecule has 1 saturated heterocycles. The van der Waals surface area contributed by atoms with Gasteiger partial charge < -0.3 is 10.4 Å². The van der Waals surface area contributed by atoms with E-state index in [1.54, 1.807) is 0 Å². The van der Waals surface area contributed by atoms with E-state index in [0.717, 1.165) is 38.5 Å². The molecule has 0 bridgehead atoms. The molecule has 2 unspecified atom stereocenters. The second-order valence-corrected chi connectivity index (χ2v) is 7.12. The van der Waals surface area contributed by atoms with Gasteiger partial charge in [0.2, 0.25) is 11.7 Å². The van der Waals surface area contributed by atoms with Crippen LogP contribution in [0.4, 0.5) is 4.79 Å². The van der Waals surface area contributed by atoms with Crippen molar-refractivity contribution in [3.8, 4) is 0 Å². The molecule has 0 radical (unpaired) electrons. The summed E-state index contributed by atoms with van der Waals surface area (Å²) < 4.78 is 0. The Kier molecular flexibility index (Phi) is 4.89. The smallest absolute Gasteiger partial charge is 0.324 e. The van der Waals surface area contributed by atoms with Gasteiger partial charge in [0.15, 0.2) is 0 Å². The van der Waals surface area contributed by atoms with Crippen LogP contribution in [-0.4, -0.2) is 46.9 Å². The van der Waals surface area contributed by atoms with Crippen LogP contribution in [0.2, 0.25) is 0 Å². The largest absolute Gasteiger partial charge is 0.363 e. The van der Waals surface area contributed by atoms with E-state index in [-0.39, 0.29) is 30.5 Å². The number of hydrogen-bond donors (Lipinski definition) is 2. The van der Waals surface area contributed by atoms with Crippen LogP contribution < -0.4 is 5.32 Å². The average Bonchev–Trinajstić information content (AvgIpc) is 3.04. The van der Waals surface area contributed by atoms with E-state index < -0.39 is 5.79 Å². The summed E-state index contributed by atoms with van der Waals surface area (Å²) in [4.78, 5) is 35.3. The molecule has 3 fully saturated rings. The summed E-state index contributed by atoms with van der Waals surface area (Å²) in [5.41, 5.74) is 0. The highest BCUT2D eigenvalue weighted by molar-refractivity contribution is 6.01. The molecule has 0 aromatic heterocycles. The highest BCUT2D eigenvalue weighted by atomic mass is 17.2. The number of aliphatic hydroxyl groups is 1. The molecule has 3 aliphatic rings. The summed E-state index contributed by atoms with van der Waals surface area (Å²) in [6, 6.07) is -0.283. The van der Waals surface area contributed by atoms with Gasteiger partial charge in [0.1, 0.15) is 0 Å². The Morgan fingerprint density at radius 2 is 2.00 bits per heavy atom. The number of rotatable bonds is 5. The zero-order valence-electron chi connectivity index (χ0n) is 13.6. The van der Waals surface area contributed by atoms with E-state index >= 15 is 0 Å². The monoisotopic (exact) mass is 326 g/mol. The lowest BCUT2D eigenvalue weighted by molar-refractivity contribution is -0.446. The Labute approximate surface area is 136 Å². The van der Waals surface area contributed by atoms with Crippen LogP contribution in [-0.2, 0) is 14.6 Å². The van der Waals surface area contributed by atoms with Gasteiger partial charge in [-0.05, 0) is 44.4 Å². The molecule has 0 aromatic carbocycles. The molecular weight excluding hydrogens is 300 g/mol. The molecule has 1 aliphatic heterocycles. The molecule has 1 heterocycles. The molecule has 2 saturated carbocycles. The minimum atomic E-state index is -1.14. The zero-order chi connectivity index (χ0) is 16.4. The summed E-state index contributed by atoms with van der Waals surface area (Å²) >= 11 is 0. The van der Waals surface area contributed by atoms with Crippen LogP contribution >= 0.6 is 0 Å². The number of carbonyl (C=O) groups is 2. The average molecular weight is 326 g/mol. The highest BCUT2D eigenvalue weighted by Gasteiger charge is 2.41. The summed E-state index contributed by atoms with van der Waals surface area (Å²) in [6.45, 7) is 2.58. The number of hydrogen-bond acceptors (Lipinski definition) is 5. The Hall–Kier alpha value is -1.18. The zero-order valence-corrected chi connectivity index (χ0v) is 13.6. The predicted molar refractivity (Wildman–Crippen MR) is 81.0 cm³/mol. The molecule has 23 heavy (non-hydrogen) atoms. The quantitative estimate of drug-likeness (QED) is 0.346. The van der Waals surface area contributed by atoms with Crippen molar-refractivity contribution in [2.45, 2.75) is 63.8 Å². The van der Waals surface area contributed by atoms with Crippen molar-refractivity contribution < 1.29 is 24.5 Å². The van der Waals surface area contributed by atoms with Gasteiger partial charge in [0.25, 0.3) is 0 Å². The van der Waals surface area contributed by atoms with Gasteiger partial charge in [-0.3, -0.25) is 9.69 Å². The number of imide groups is 1. The molecule has 7 nitrogen and oxygen atoms in total. The van der Waals surface area contributed by atoms with Gasteiger partial charge >= 0.3 is 6.03 Å². The molecule has 7 heteroatoms. The van der Waals surface area contributed by atoms with Gasteiger partial charge in [0.05, 0.1) is 12.6 Å². The van der Waals surface area contributed by atoms with E-state index in [2.05, 4.69) is 5.32 Å². The third-order valence-corrected chi connectivity index (χ3v) is 5.44. The van der Waals surface area contributed by atoms with Crippen molar-refractivity contribution in [2.24, 2.45) is 11.8 Å². The van der Waals surface area contributed by atoms with Gasteiger partial charge in [-0.1, -0.05) is 6.92 Å². The Morgan fingerprint density at radius 3 is 2.57 bits per heavy atom. The lowest BCUT2D eigenvalue weighted by Gasteiger charge is -2.32. The van der Waals surface area contributed by atoms with Crippen molar-refractivity contribution in [2.75, 3.05) is 13.1 Å². The fourth-order valence-corrected chi connectivity index (χ4v) is 3.72.